The van der Waals surface area contributed by atoms with Gasteiger partial charge in [-0.15, -0.1) is 0 Å². The van der Waals surface area contributed by atoms with Gasteiger partial charge in [-0.05, 0) is 26.6 Å². The summed E-state index contributed by atoms with van der Waals surface area (Å²) >= 11 is 0. The molecule has 1 unspecified atom stereocenters. The van der Waals surface area contributed by atoms with Crippen molar-refractivity contribution in [3.05, 3.63) is 12.2 Å². The van der Waals surface area contributed by atoms with Gasteiger partial charge < -0.3 is 13.9 Å². The summed E-state index contributed by atoms with van der Waals surface area (Å²) in [4.78, 5) is 11.2. The summed E-state index contributed by atoms with van der Waals surface area (Å²) in [6.45, 7) is 11.5. The molecule has 0 aromatic heterocycles. The topological polar surface area (TPSA) is 44.8 Å². The summed E-state index contributed by atoms with van der Waals surface area (Å²) in [5.74, 6) is -0.402. The molecule has 0 fully saturated rings. The predicted molar refractivity (Wildman–Crippen MR) is 69.9 cm³/mol. The second kappa shape index (κ2) is 7.00. The molecule has 16 heavy (non-hydrogen) atoms. The van der Waals surface area contributed by atoms with E-state index in [1.54, 1.807) is 6.92 Å². The molecule has 1 atom stereocenters. The molecule has 0 rings (SSSR count). The fourth-order valence-electron chi connectivity index (χ4n) is 0.963. The largest absolute Gasteiger partial charge is 0.457 e. The zero-order chi connectivity index (χ0) is 12.8. The van der Waals surface area contributed by atoms with Crippen molar-refractivity contribution in [1.29, 1.82) is 0 Å². The first kappa shape index (κ1) is 15.6. The smallest absolute Gasteiger partial charge is 0.333 e. The number of hydrogen-bond acceptors (Lipinski definition) is 4. The number of carbonyl (C=O) groups excluding carboxylic acids is 1. The molecule has 94 valence electrons. The number of esters is 1. The quantitative estimate of drug-likeness (QED) is 0.292. The number of rotatable bonds is 7. The van der Waals surface area contributed by atoms with Gasteiger partial charge in [-0.2, -0.15) is 0 Å². The lowest BCUT2D eigenvalue weighted by atomic mass is 10.4. The van der Waals surface area contributed by atoms with Crippen LogP contribution in [0.15, 0.2) is 12.2 Å². The molecule has 0 aliphatic heterocycles. The van der Waals surface area contributed by atoms with Gasteiger partial charge in [0.05, 0.1) is 0 Å². The lowest BCUT2D eigenvalue weighted by Gasteiger charge is -2.25. The molecule has 0 saturated heterocycles. The van der Waals surface area contributed by atoms with Crippen LogP contribution in [0.1, 0.15) is 6.92 Å². The van der Waals surface area contributed by atoms with Crippen LogP contribution in [0.4, 0.5) is 0 Å². The summed E-state index contributed by atoms with van der Waals surface area (Å²) < 4.78 is 16.2. The highest BCUT2D eigenvalue weighted by molar-refractivity contribution is 6.69. The third-order valence-electron chi connectivity index (χ3n) is 1.54. The van der Waals surface area contributed by atoms with Crippen LogP contribution < -0.4 is 0 Å². The Kier molecular flexibility index (Phi) is 6.81. The van der Waals surface area contributed by atoms with Crippen molar-refractivity contribution >= 4 is 24.5 Å². The first-order chi connectivity index (χ1) is 7.26. The van der Waals surface area contributed by atoms with Crippen molar-refractivity contribution in [2.24, 2.45) is 0 Å². The molecule has 0 aromatic rings. The highest BCUT2D eigenvalue weighted by Gasteiger charge is 2.22. The molecular formula is C10H22O4Si2. The molecule has 0 aromatic carbocycles. The monoisotopic (exact) mass is 262 g/mol. The summed E-state index contributed by atoms with van der Waals surface area (Å²) in [5, 5.41) is 0. The van der Waals surface area contributed by atoms with E-state index < -0.39 is 20.6 Å². The maximum atomic E-state index is 11.2. The van der Waals surface area contributed by atoms with Gasteiger partial charge in [-0.25, -0.2) is 4.79 Å². The van der Waals surface area contributed by atoms with Crippen molar-refractivity contribution < 1.29 is 18.7 Å². The highest BCUT2D eigenvalue weighted by atomic mass is 28.4. The van der Waals surface area contributed by atoms with Gasteiger partial charge in [0.2, 0.25) is 0 Å². The van der Waals surface area contributed by atoms with Gasteiger partial charge >= 0.3 is 5.97 Å². The standard InChI is InChI=1S/C10H22O4Si2/c1-8(2)10(11)12-6-9(13-7-15)14-16(3,4)5/h9H,1,6-7H2,2-5,15H3. The maximum Gasteiger partial charge on any atom is 0.333 e. The van der Waals surface area contributed by atoms with Crippen LogP contribution in [-0.4, -0.2) is 43.7 Å². The number of carbonyl (C=O) groups is 1. The first-order valence-electron chi connectivity index (χ1n) is 5.38. The SMILES string of the molecule is C=C(C)C(=O)OCC(OC[SiH3])O[Si](C)(C)C. The second-order valence-electron chi connectivity index (χ2n) is 4.49. The molecule has 0 aliphatic rings. The van der Waals surface area contributed by atoms with E-state index in [2.05, 4.69) is 26.2 Å². The van der Waals surface area contributed by atoms with E-state index >= 15 is 0 Å². The van der Waals surface area contributed by atoms with Gasteiger partial charge in [0.1, 0.15) is 6.61 Å². The number of hydrogen-bond donors (Lipinski definition) is 0. The van der Waals surface area contributed by atoms with Gasteiger partial charge in [0, 0.05) is 22.0 Å². The van der Waals surface area contributed by atoms with Gasteiger partial charge in [0.15, 0.2) is 14.6 Å². The van der Waals surface area contributed by atoms with Gasteiger partial charge in [-0.1, -0.05) is 6.58 Å². The Balaban J connectivity index is 4.13. The average Bonchev–Trinajstić information content (AvgIpc) is 2.11. The predicted octanol–water partition coefficient (Wildman–Crippen LogP) is 0.623. The maximum absolute atomic E-state index is 11.2. The Morgan fingerprint density at radius 3 is 2.38 bits per heavy atom. The van der Waals surface area contributed by atoms with Gasteiger partial charge in [0.25, 0.3) is 0 Å². The summed E-state index contributed by atoms with van der Waals surface area (Å²) in [7, 11) is -0.747. The van der Waals surface area contributed by atoms with Crippen LogP contribution in [0.25, 0.3) is 0 Å². The van der Waals surface area contributed by atoms with E-state index in [-0.39, 0.29) is 6.61 Å². The highest BCUT2D eigenvalue weighted by Crippen LogP contribution is 2.09. The zero-order valence-electron chi connectivity index (χ0n) is 10.8. The Hall–Kier alpha value is -0.436. The fourth-order valence-corrected chi connectivity index (χ4v) is 2.26. The lowest BCUT2D eigenvalue weighted by Crippen LogP contribution is -2.37. The van der Waals surface area contributed by atoms with E-state index in [1.165, 1.54) is 0 Å². The number of ether oxygens (including phenoxy) is 2. The molecule has 0 saturated carbocycles. The normalized spacial score (nSPS) is 13.5. The first-order valence-corrected chi connectivity index (χ1v) is 10.2. The molecule has 6 heteroatoms. The van der Waals surface area contributed by atoms with E-state index in [1.807, 2.05) is 0 Å². The van der Waals surface area contributed by atoms with Crippen LogP contribution in [0, 0.1) is 0 Å². The van der Waals surface area contributed by atoms with Gasteiger partial charge in [-0.3, -0.25) is 0 Å². The summed E-state index contributed by atoms with van der Waals surface area (Å²) in [5.41, 5.74) is 0.387. The van der Waals surface area contributed by atoms with Crippen LogP contribution in [-0.2, 0) is 18.7 Å². The van der Waals surface area contributed by atoms with Crippen molar-refractivity contribution in [3.8, 4) is 0 Å². The van der Waals surface area contributed by atoms with Crippen molar-refractivity contribution in [2.45, 2.75) is 32.9 Å². The Morgan fingerprint density at radius 2 is 2.00 bits per heavy atom. The second-order valence-corrected chi connectivity index (χ2v) is 9.53. The average molecular weight is 262 g/mol. The molecule has 0 bridgehead atoms. The molecule has 0 N–H and O–H groups in total. The van der Waals surface area contributed by atoms with Crippen molar-refractivity contribution in [3.63, 3.8) is 0 Å². The summed E-state index contributed by atoms with van der Waals surface area (Å²) in [6, 6.07) is 0. The molecule has 0 aliphatic carbocycles. The minimum absolute atomic E-state index is 0.137. The molecule has 0 radical (unpaired) electrons. The van der Waals surface area contributed by atoms with Crippen LogP contribution in [0.3, 0.4) is 0 Å². The lowest BCUT2D eigenvalue weighted by molar-refractivity contribution is -0.154. The Bertz CT molecular complexity index is 248. The molecular weight excluding hydrogens is 240 g/mol. The van der Waals surface area contributed by atoms with E-state index in [0.29, 0.717) is 11.8 Å². The van der Waals surface area contributed by atoms with Crippen LogP contribution in [0.2, 0.25) is 19.6 Å². The van der Waals surface area contributed by atoms with Crippen LogP contribution >= 0.6 is 0 Å². The Morgan fingerprint density at radius 1 is 1.44 bits per heavy atom. The van der Waals surface area contributed by atoms with Crippen molar-refractivity contribution in [1.82, 2.24) is 0 Å². The van der Waals surface area contributed by atoms with E-state index in [9.17, 15) is 4.79 Å². The summed E-state index contributed by atoms with van der Waals surface area (Å²) in [6.07, 6.45) is 0.229. The Labute approximate surface area is 102 Å². The molecule has 0 amide bonds. The molecule has 0 spiro atoms. The third-order valence-corrected chi connectivity index (χ3v) is 2.84. The van der Waals surface area contributed by atoms with E-state index in [0.717, 1.165) is 10.2 Å². The minimum Gasteiger partial charge on any atom is -0.457 e. The molecule has 0 heterocycles. The molecule has 4 nitrogen and oxygen atoms in total. The van der Waals surface area contributed by atoms with E-state index in [4.69, 9.17) is 13.9 Å². The fraction of sp³-hybridized carbons (Fsp3) is 0.700. The minimum atomic E-state index is -1.68. The third kappa shape index (κ3) is 7.80. The van der Waals surface area contributed by atoms with Crippen LogP contribution in [0.5, 0.6) is 0 Å². The van der Waals surface area contributed by atoms with Crippen molar-refractivity contribution in [2.75, 3.05) is 12.8 Å². The zero-order valence-corrected chi connectivity index (χ0v) is 13.8.